The highest BCUT2D eigenvalue weighted by atomic mass is 16.6. The molecular weight excluding hydrogens is 556 g/mol. The molecule has 5 aromatic carbocycles. The highest BCUT2D eigenvalue weighted by Gasteiger charge is 2.28. The van der Waals surface area contributed by atoms with E-state index in [0.717, 1.165) is 92.0 Å². The first kappa shape index (κ1) is 25.9. The molecule has 0 amide bonds. The zero-order chi connectivity index (χ0) is 29.0. The summed E-state index contributed by atoms with van der Waals surface area (Å²) in [5.41, 5.74) is 3.82. The van der Waals surface area contributed by atoms with E-state index >= 15 is 0 Å². The number of ether oxygens (including phenoxy) is 6. The summed E-state index contributed by atoms with van der Waals surface area (Å²) in [6.07, 6.45) is 0.535. The molecule has 0 spiro atoms. The van der Waals surface area contributed by atoms with Gasteiger partial charge in [-0.05, 0) is 58.8 Å². The molecule has 0 N–H and O–H groups in total. The van der Waals surface area contributed by atoms with E-state index in [1.165, 1.54) is 0 Å². The molecule has 3 unspecified atom stereocenters. The summed E-state index contributed by atoms with van der Waals surface area (Å²) in [4.78, 5) is 0. The van der Waals surface area contributed by atoms with Gasteiger partial charge in [-0.1, -0.05) is 48.5 Å². The molecule has 220 valence electrons. The molecule has 3 fully saturated rings. The van der Waals surface area contributed by atoms with Crippen LogP contribution in [0.3, 0.4) is 0 Å². The number of hydrogen-bond donors (Lipinski definition) is 0. The first-order chi connectivity index (χ1) is 21.8. The SMILES string of the molecule is c1ccc2c(c1)c1cccc(OCC3CO3)c1c1c(-c3ccc(OCC4CO4)cc3)c(-c3ccc(OCC4CO4)cc3)oc21. The topological polar surface area (TPSA) is 78.4 Å². The molecule has 7 nitrogen and oxygen atoms in total. The van der Waals surface area contributed by atoms with E-state index in [1.54, 1.807) is 0 Å². The Morgan fingerprint density at radius 1 is 0.523 bits per heavy atom. The van der Waals surface area contributed by atoms with Gasteiger partial charge in [-0.25, -0.2) is 0 Å². The summed E-state index contributed by atoms with van der Waals surface area (Å²) in [5.74, 6) is 3.22. The molecule has 3 aliphatic heterocycles. The highest BCUT2D eigenvalue weighted by Crippen LogP contribution is 2.49. The lowest BCUT2D eigenvalue weighted by Gasteiger charge is -2.13. The number of hydrogen-bond acceptors (Lipinski definition) is 7. The van der Waals surface area contributed by atoms with Gasteiger partial charge in [0.2, 0.25) is 0 Å². The number of rotatable bonds is 11. The van der Waals surface area contributed by atoms with Crippen LogP contribution in [0, 0.1) is 0 Å². The Labute approximate surface area is 253 Å². The lowest BCUT2D eigenvalue weighted by atomic mass is 9.92. The average Bonchev–Trinajstić information content (AvgIpc) is 3.94. The summed E-state index contributed by atoms with van der Waals surface area (Å²) in [6.45, 7) is 3.89. The Kier molecular flexibility index (Phi) is 6.21. The van der Waals surface area contributed by atoms with Gasteiger partial charge in [-0.15, -0.1) is 0 Å². The first-order valence-corrected chi connectivity index (χ1v) is 15.1. The van der Waals surface area contributed by atoms with Crippen LogP contribution in [-0.2, 0) is 14.2 Å². The van der Waals surface area contributed by atoms with Crippen LogP contribution < -0.4 is 14.2 Å². The van der Waals surface area contributed by atoms with Gasteiger partial charge in [-0.2, -0.15) is 0 Å². The maximum Gasteiger partial charge on any atom is 0.144 e. The molecule has 0 aliphatic carbocycles. The van der Waals surface area contributed by atoms with Crippen molar-refractivity contribution >= 4 is 32.5 Å². The van der Waals surface area contributed by atoms with Gasteiger partial charge in [0.05, 0.1) is 19.8 Å². The Morgan fingerprint density at radius 3 is 1.68 bits per heavy atom. The zero-order valence-electron chi connectivity index (χ0n) is 24.0. The molecule has 3 saturated heterocycles. The van der Waals surface area contributed by atoms with E-state index in [0.29, 0.717) is 19.8 Å². The summed E-state index contributed by atoms with van der Waals surface area (Å²) >= 11 is 0. The van der Waals surface area contributed by atoms with Crippen molar-refractivity contribution in [2.45, 2.75) is 18.3 Å². The van der Waals surface area contributed by atoms with E-state index in [4.69, 9.17) is 32.8 Å². The average molecular weight is 587 g/mol. The van der Waals surface area contributed by atoms with Crippen molar-refractivity contribution in [3.05, 3.63) is 91.0 Å². The van der Waals surface area contributed by atoms with Crippen molar-refractivity contribution in [1.29, 1.82) is 0 Å². The molecule has 1 aromatic heterocycles. The van der Waals surface area contributed by atoms with Crippen LogP contribution in [0.4, 0.5) is 0 Å². The quantitative estimate of drug-likeness (QED) is 0.116. The Hall–Kier alpha value is -4.56. The zero-order valence-corrected chi connectivity index (χ0v) is 24.0. The molecule has 3 aliphatic rings. The van der Waals surface area contributed by atoms with E-state index in [1.807, 2.05) is 30.3 Å². The fourth-order valence-corrected chi connectivity index (χ4v) is 5.86. The van der Waals surface area contributed by atoms with Gasteiger partial charge < -0.3 is 32.8 Å². The van der Waals surface area contributed by atoms with Gasteiger partial charge in [0.25, 0.3) is 0 Å². The molecule has 0 radical (unpaired) electrons. The monoisotopic (exact) mass is 586 g/mol. The highest BCUT2D eigenvalue weighted by molar-refractivity contribution is 6.29. The van der Waals surface area contributed by atoms with Gasteiger partial charge in [0, 0.05) is 27.3 Å². The number of epoxide rings is 3. The van der Waals surface area contributed by atoms with E-state index in [-0.39, 0.29) is 18.3 Å². The molecule has 0 bridgehead atoms. The Balaban J connectivity index is 1.25. The largest absolute Gasteiger partial charge is 0.491 e. The van der Waals surface area contributed by atoms with E-state index < -0.39 is 0 Å². The second-order valence-corrected chi connectivity index (χ2v) is 11.6. The van der Waals surface area contributed by atoms with E-state index in [2.05, 4.69) is 60.7 Å². The molecule has 3 atom stereocenters. The fourth-order valence-electron chi connectivity index (χ4n) is 5.86. The Bertz CT molecular complexity index is 1980. The van der Waals surface area contributed by atoms with Gasteiger partial charge in [0.1, 0.15) is 66.7 Å². The standard InChI is InChI=1S/C37H30O7/c1-2-5-31-29(4-1)30-6-3-7-32(43-21-28-20-42-28)34(30)35-33(22-8-12-24(13-9-22)38-16-26-18-40-26)36(44-37(31)35)23-10-14-25(15-11-23)39-17-27-19-41-27/h1-15,26-28H,16-21H2. The maximum absolute atomic E-state index is 6.93. The van der Waals surface area contributed by atoms with Crippen LogP contribution in [0.15, 0.2) is 95.4 Å². The molecule has 7 heteroatoms. The second kappa shape index (κ2) is 10.6. The minimum absolute atomic E-state index is 0.140. The van der Waals surface area contributed by atoms with Crippen LogP contribution in [0.25, 0.3) is 55.0 Å². The fraction of sp³-hybridized carbons (Fsp3) is 0.243. The second-order valence-electron chi connectivity index (χ2n) is 11.6. The van der Waals surface area contributed by atoms with Crippen LogP contribution in [-0.4, -0.2) is 58.0 Å². The summed E-state index contributed by atoms with van der Waals surface area (Å²) < 4.78 is 41.3. The minimum Gasteiger partial charge on any atom is -0.491 e. The Morgan fingerprint density at radius 2 is 1.07 bits per heavy atom. The normalized spacial score (nSPS) is 20.2. The first-order valence-electron chi connectivity index (χ1n) is 15.1. The van der Waals surface area contributed by atoms with Gasteiger partial charge >= 0.3 is 0 Å². The molecule has 9 rings (SSSR count). The molecule has 0 saturated carbocycles. The third-order valence-corrected chi connectivity index (χ3v) is 8.41. The van der Waals surface area contributed by atoms with Gasteiger partial charge in [0.15, 0.2) is 0 Å². The van der Waals surface area contributed by atoms with Crippen molar-refractivity contribution in [2.75, 3.05) is 39.6 Å². The summed E-state index contributed by atoms with van der Waals surface area (Å²) in [5, 5.41) is 5.34. The van der Waals surface area contributed by atoms with Crippen molar-refractivity contribution in [1.82, 2.24) is 0 Å². The summed E-state index contributed by atoms with van der Waals surface area (Å²) in [7, 11) is 0. The third kappa shape index (κ3) is 4.93. The number of benzene rings is 5. The lowest BCUT2D eigenvalue weighted by Crippen LogP contribution is -2.04. The van der Waals surface area contributed by atoms with Crippen molar-refractivity contribution < 1.29 is 32.8 Å². The van der Waals surface area contributed by atoms with Crippen LogP contribution >= 0.6 is 0 Å². The molecular formula is C37H30O7. The number of fused-ring (bicyclic) bond motifs is 6. The predicted molar refractivity (Wildman–Crippen MR) is 168 cm³/mol. The predicted octanol–water partition coefficient (Wildman–Crippen LogP) is 7.41. The van der Waals surface area contributed by atoms with Crippen molar-refractivity contribution in [3.63, 3.8) is 0 Å². The maximum atomic E-state index is 6.93. The van der Waals surface area contributed by atoms with Crippen LogP contribution in [0.5, 0.6) is 17.2 Å². The van der Waals surface area contributed by atoms with Crippen molar-refractivity contribution in [2.24, 2.45) is 0 Å². The van der Waals surface area contributed by atoms with Gasteiger partial charge in [-0.3, -0.25) is 0 Å². The number of furan rings is 1. The summed E-state index contributed by atoms with van der Waals surface area (Å²) in [6, 6.07) is 31.0. The van der Waals surface area contributed by atoms with Crippen molar-refractivity contribution in [3.8, 4) is 39.7 Å². The lowest BCUT2D eigenvalue weighted by molar-refractivity contribution is 0.263. The smallest absolute Gasteiger partial charge is 0.144 e. The van der Waals surface area contributed by atoms with Crippen LogP contribution in [0.1, 0.15) is 0 Å². The molecule has 4 heterocycles. The molecule has 6 aromatic rings. The third-order valence-electron chi connectivity index (χ3n) is 8.41. The molecule has 44 heavy (non-hydrogen) atoms. The minimum atomic E-state index is 0.140. The van der Waals surface area contributed by atoms with Crippen LogP contribution in [0.2, 0.25) is 0 Å². The van der Waals surface area contributed by atoms with E-state index in [9.17, 15) is 0 Å².